The summed E-state index contributed by atoms with van der Waals surface area (Å²) in [7, 11) is 0. The number of rotatable bonds is 4. The minimum absolute atomic E-state index is 0.422. The molecule has 100 valence electrons. The van der Waals surface area contributed by atoms with Gasteiger partial charge in [-0.15, -0.1) is 24.8 Å². The molecule has 0 radical (unpaired) electrons. The molecule has 0 saturated carbocycles. The molecule has 0 aliphatic carbocycles. The molecule has 0 aliphatic rings. The van der Waals surface area contributed by atoms with E-state index in [1.807, 2.05) is 0 Å². The lowest BCUT2D eigenvalue weighted by molar-refractivity contribution is -0.274. The van der Waals surface area contributed by atoms with Gasteiger partial charge in [0.25, 0.3) is 6.43 Å². The van der Waals surface area contributed by atoms with E-state index in [9.17, 15) is 26.7 Å². The molecule has 0 bridgehead atoms. The first-order chi connectivity index (χ1) is 8.24. The average Bonchev–Trinajstić information content (AvgIpc) is 2.25. The smallest absolute Gasteiger partial charge is 0.406 e. The maximum absolute atomic E-state index is 12.6. The van der Waals surface area contributed by atoms with Crippen molar-refractivity contribution in [3.63, 3.8) is 0 Å². The Morgan fingerprint density at radius 1 is 1.33 bits per heavy atom. The second-order valence-electron chi connectivity index (χ2n) is 3.15. The summed E-state index contributed by atoms with van der Waals surface area (Å²) in [6, 6.07) is 2.07. The van der Waals surface area contributed by atoms with E-state index in [0.29, 0.717) is 6.07 Å². The lowest BCUT2D eigenvalue weighted by Gasteiger charge is -2.12. The second-order valence-corrected chi connectivity index (χ2v) is 3.42. The Balaban J connectivity index is 3.15. The number of hydrogen-bond acceptors (Lipinski definition) is 2. The van der Waals surface area contributed by atoms with Crippen LogP contribution < -0.4 is 4.74 Å². The van der Waals surface area contributed by atoms with Crippen LogP contribution in [0.15, 0.2) is 18.2 Å². The maximum atomic E-state index is 12.6. The molecule has 0 unspecified atom stereocenters. The highest BCUT2D eigenvalue weighted by Gasteiger charge is 2.32. The first kappa shape index (κ1) is 14.7. The molecule has 1 aromatic rings. The standard InChI is InChI=1S/C10H6ClF5O2/c11-4-8(17)6-2-1-5(18-10(14,15)16)3-7(6)9(12)13/h1-3,9H,4H2. The van der Waals surface area contributed by atoms with E-state index in [1.165, 1.54) is 0 Å². The van der Waals surface area contributed by atoms with Crippen LogP contribution in [0.5, 0.6) is 5.75 Å². The molecule has 0 aromatic heterocycles. The molecule has 2 nitrogen and oxygen atoms in total. The van der Waals surface area contributed by atoms with E-state index < -0.39 is 41.3 Å². The molecule has 1 rings (SSSR count). The maximum Gasteiger partial charge on any atom is 0.573 e. The Morgan fingerprint density at radius 3 is 2.39 bits per heavy atom. The van der Waals surface area contributed by atoms with Gasteiger partial charge in [0.15, 0.2) is 5.78 Å². The Bertz CT molecular complexity index is 444. The van der Waals surface area contributed by atoms with Gasteiger partial charge >= 0.3 is 6.36 Å². The number of carbonyl (C=O) groups excluding carboxylic acids is 1. The Kier molecular flexibility index (Phi) is 4.50. The van der Waals surface area contributed by atoms with Gasteiger partial charge in [-0.3, -0.25) is 4.79 Å². The summed E-state index contributed by atoms with van der Waals surface area (Å²) in [6.07, 6.45) is -8.10. The SMILES string of the molecule is O=C(CCl)c1ccc(OC(F)(F)F)cc1C(F)F. The highest BCUT2D eigenvalue weighted by molar-refractivity contribution is 6.30. The molecular formula is C10H6ClF5O2. The molecule has 0 heterocycles. The fourth-order valence-corrected chi connectivity index (χ4v) is 1.39. The normalized spacial score (nSPS) is 11.7. The van der Waals surface area contributed by atoms with Crippen LogP contribution in [0.3, 0.4) is 0 Å². The van der Waals surface area contributed by atoms with Crippen LogP contribution in [-0.4, -0.2) is 18.0 Å². The molecular weight excluding hydrogens is 283 g/mol. The third-order valence-corrected chi connectivity index (χ3v) is 2.16. The van der Waals surface area contributed by atoms with Gasteiger partial charge in [0, 0.05) is 11.1 Å². The zero-order valence-corrected chi connectivity index (χ0v) is 9.36. The van der Waals surface area contributed by atoms with E-state index in [-0.39, 0.29) is 0 Å². The largest absolute Gasteiger partial charge is 0.573 e. The first-order valence-electron chi connectivity index (χ1n) is 4.51. The topological polar surface area (TPSA) is 26.3 Å². The molecule has 0 spiro atoms. The summed E-state index contributed by atoms with van der Waals surface area (Å²) in [5.74, 6) is -2.16. The van der Waals surface area contributed by atoms with Crippen LogP contribution >= 0.6 is 11.6 Å². The van der Waals surface area contributed by atoms with E-state index in [2.05, 4.69) is 4.74 Å². The van der Waals surface area contributed by atoms with Crippen molar-refractivity contribution >= 4 is 17.4 Å². The zero-order valence-electron chi connectivity index (χ0n) is 8.60. The van der Waals surface area contributed by atoms with Crippen molar-refractivity contribution in [1.29, 1.82) is 0 Å². The number of Topliss-reactive ketones (excluding diaryl/α,β-unsaturated/α-hetero) is 1. The number of halogens is 6. The van der Waals surface area contributed by atoms with Crippen molar-refractivity contribution in [3.05, 3.63) is 29.3 Å². The number of alkyl halides is 6. The Labute approximate surface area is 103 Å². The molecule has 0 N–H and O–H groups in total. The summed E-state index contributed by atoms with van der Waals surface area (Å²) in [5.41, 5.74) is -1.27. The van der Waals surface area contributed by atoms with E-state index in [1.54, 1.807) is 0 Å². The van der Waals surface area contributed by atoms with Crippen LogP contribution in [-0.2, 0) is 0 Å². The van der Waals surface area contributed by atoms with Gasteiger partial charge in [-0.1, -0.05) is 0 Å². The molecule has 0 saturated heterocycles. The summed E-state index contributed by atoms with van der Waals surface area (Å²) in [5, 5.41) is 0. The number of carbonyl (C=O) groups is 1. The predicted octanol–water partition coefficient (Wildman–Crippen LogP) is 3.94. The molecule has 0 fully saturated rings. The number of ketones is 1. The summed E-state index contributed by atoms with van der Waals surface area (Å²) in [6.45, 7) is 0. The van der Waals surface area contributed by atoms with Crippen molar-refractivity contribution in [1.82, 2.24) is 0 Å². The third-order valence-electron chi connectivity index (χ3n) is 1.91. The van der Waals surface area contributed by atoms with Crippen molar-refractivity contribution in [2.24, 2.45) is 0 Å². The highest BCUT2D eigenvalue weighted by atomic mass is 35.5. The fraction of sp³-hybridized carbons (Fsp3) is 0.300. The number of benzene rings is 1. The minimum atomic E-state index is -4.99. The van der Waals surface area contributed by atoms with Crippen molar-refractivity contribution < 1.29 is 31.5 Å². The van der Waals surface area contributed by atoms with E-state index >= 15 is 0 Å². The number of hydrogen-bond donors (Lipinski definition) is 0. The summed E-state index contributed by atoms with van der Waals surface area (Å²) >= 11 is 5.20. The molecule has 0 atom stereocenters. The monoisotopic (exact) mass is 288 g/mol. The van der Waals surface area contributed by atoms with Crippen LogP contribution in [0, 0.1) is 0 Å². The summed E-state index contributed by atoms with van der Waals surface area (Å²) in [4.78, 5) is 11.2. The second kappa shape index (κ2) is 5.51. The van der Waals surface area contributed by atoms with Gasteiger partial charge in [-0.05, 0) is 18.2 Å². The van der Waals surface area contributed by atoms with Gasteiger partial charge in [0.1, 0.15) is 5.75 Å². The lowest BCUT2D eigenvalue weighted by atomic mass is 10.0. The van der Waals surface area contributed by atoms with Gasteiger partial charge in [-0.25, -0.2) is 8.78 Å². The van der Waals surface area contributed by atoms with Crippen LogP contribution in [0.2, 0.25) is 0 Å². The van der Waals surface area contributed by atoms with Crippen molar-refractivity contribution in [2.75, 3.05) is 5.88 Å². The Morgan fingerprint density at radius 2 is 1.94 bits per heavy atom. The minimum Gasteiger partial charge on any atom is -0.406 e. The van der Waals surface area contributed by atoms with Crippen molar-refractivity contribution in [3.8, 4) is 5.75 Å². The van der Waals surface area contributed by atoms with Gasteiger partial charge < -0.3 is 4.74 Å². The Hall–Kier alpha value is -1.37. The van der Waals surface area contributed by atoms with Gasteiger partial charge in [0.05, 0.1) is 5.88 Å². The average molecular weight is 289 g/mol. The lowest BCUT2D eigenvalue weighted by Crippen LogP contribution is -2.17. The molecule has 8 heteroatoms. The van der Waals surface area contributed by atoms with E-state index in [0.717, 1.165) is 12.1 Å². The van der Waals surface area contributed by atoms with Gasteiger partial charge in [0.2, 0.25) is 0 Å². The fourth-order valence-electron chi connectivity index (χ4n) is 1.24. The molecule has 1 aromatic carbocycles. The molecule has 18 heavy (non-hydrogen) atoms. The predicted molar refractivity (Wildman–Crippen MR) is 53.1 cm³/mol. The zero-order chi connectivity index (χ0) is 13.9. The van der Waals surface area contributed by atoms with Crippen molar-refractivity contribution in [2.45, 2.75) is 12.8 Å². The van der Waals surface area contributed by atoms with Gasteiger partial charge in [-0.2, -0.15) is 0 Å². The van der Waals surface area contributed by atoms with E-state index in [4.69, 9.17) is 11.6 Å². The quantitative estimate of drug-likeness (QED) is 0.476. The highest BCUT2D eigenvalue weighted by Crippen LogP contribution is 2.30. The molecule has 0 aliphatic heterocycles. The van der Waals surface area contributed by atoms with Crippen LogP contribution in [0.1, 0.15) is 22.3 Å². The molecule has 0 amide bonds. The first-order valence-corrected chi connectivity index (χ1v) is 5.05. The number of ether oxygens (including phenoxy) is 1. The van der Waals surface area contributed by atoms with Crippen LogP contribution in [0.4, 0.5) is 22.0 Å². The summed E-state index contributed by atoms with van der Waals surface area (Å²) < 4.78 is 64.4. The van der Waals surface area contributed by atoms with Crippen LogP contribution in [0.25, 0.3) is 0 Å². The third kappa shape index (κ3) is 3.83.